The topological polar surface area (TPSA) is 104 Å². The van der Waals surface area contributed by atoms with Gasteiger partial charge in [0.1, 0.15) is 0 Å². The number of aromatic nitrogens is 4. The number of nitrogens with zero attached hydrogens (tertiary/aromatic N) is 4. The molecular formula is C16H12ClN5O2S3. The number of rotatable bonds is 5. The molecule has 27 heavy (non-hydrogen) atoms. The largest absolute Gasteiger partial charge is 0.367 e. The van der Waals surface area contributed by atoms with Gasteiger partial charge in [-0.1, -0.05) is 35.5 Å². The first-order chi connectivity index (χ1) is 12.9. The molecule has 11 heteroatoms. The number of hydrogen-bond donors (Lipinski definition) is 1. The van der Waals surface area contributed by atoms with Gasteiger partial charge in [0.15, 0.2) is 0 Å². The third kappa shape index (κ3) is 3.65. The Kier molecular flexibility index (Phi) is 4.81. The molecule has 4 rings (SSSR count). The molecule has 2 N–H and O–H groups in total. The number of thiazole rings is 1. The van der Waals surface area contributed by atoms with Crippen molar-refractivity contribution in [2.75, 3.05) is 5.73 Å². The van der Waals surface area contributed by atoms with Crippen molar-refractivity contribution < 1.29 is 8.42 Å². The molecule has 2 aromatic heterocycles. The summed E-state index contributed by atoms with van der Waals surface area (Å²) in [6, 6.07) is 12.0. The second kappa shape index (κ2) is 7.12. The van der Waals surface area contributed by atoms with E-state index >= 15 is 0 Å². The number of fused-ring (bicyclic) bond motifs is 1. The van der Waals surface area contributed by atoms with Crippen LogP contribution in [0.1, 0.15) is 5.56 Å². The van der Waals surface area contributed by atoms with E-state index in [4.69, 9.17) is 17.3 Å². The Morgan fingerprint density at radius 2 is 1.96 bits per heavy atom. The summed E-state index contributed by atoms with van der Waals surface area (Å²) < 4.78 is 27.3. The second-order valence-electron chi connectivity index (χ2n) is 5.50. The summed E-state index contributed by atoms with van der Waals surface area (Å²) in [4.78, 5) is 8.30. The lowest BCUT2D eigenvalue weighted by Crippen LogP contribution is -2.17. The fraction of sp³-hybridized carbons (Fsp3) is 0.0625. The zero-order chi connectivity index (χ0) is 19.0. The van der Waals surface area contributed by atoms with E-state index in [1.54, 1.807) is 29.8 Å². The smallest absolute Gasteiger partial charge is 0.286 e. The molecule has 7 nitrogen and oxygen atoms in total. The monoisotopic (exact) mass is 437 g/mol. The van der Waals surface area contributed by atoms with Crippen LogP contribution < -0.4 is 5.73 Å². The van der Waals surface area contributed by atoms with Gasteiger partial charge in [0.05, 0.1) is 20.6 Å². The SMILES string of the molecule is Nc1nc(SCc2ccc(Cl)cc2)nn1S(=O)(=O)c1ccc2ncsc2c1. The molecule has 0 bridgehead atoms. The molecule has 0 saturated heterocycles. The van der Waals surface area contributed by atoms with Crippen molar-refractivity contribution in [2.45, 2.75) is 15.8 Å². The van der Waals surface area contributed by atoms with Crippen LogP contribution in [0.4, 0.5) is 5.95 Å². The molecule has 0 aliphatic carbocycles. The zero-order valence-electron chi connectivity index (χ0n) is 13.6. The molecular weight excluding hydrogens is 426 g/mol. The van der Waals surface area contributed by atoms with Crippen LogP contribution in [0, 0.1) is 0 Å². The van der Waals surface area contributed by atoms with Gasteiger partial charge in [0.25, 0.3) is 10.0 Å². The maximum absolute atomic E-state index is 12.9. The van der Waals surface area contributed by atoms with Gasteiger partial charge < -0.3 is 5.73 Å². The third-order valence-corrected chi connectivity index (χ3v) is 7.22. The third-order valence-electron chi connectivity index (χ3n) is 3.69. The predicted octanol–water partition coefficient (Wildman–Crippen LogP) is 3.65. The van der Waals surface area contributed by atoms with Crippen LogP contribution in [0.25, 0.3) is 10.2 Å². The van der Waals surface area contributed by atoms with Crippen molar-refractivity contribution in [3.8, 4) is 0 Å². The van der Waals surface area contributed by atoms with Crippen molar-refractivity contribution in [3.05, 3.63) is 58.6 Å². The number of halogens is 1. The summed E-state index contributed by atoms with van der Waals surface area (Å²) in [5, 5.41) is 5.01. The van der Waals surface area contributed by atoms with Crippen LogP contribution in [-0.2, 0) is 15.8 Å². The van der Waals surface area contributed by atoms with Crippen molar-refractivity contribution >= 4 is 60.9 Å². The van der Waals surface area contributed by atoms with Crippen LogP contribution in [0.5, 0.6) is 0 Å². The molecule has 0 spiro atoms. The Bertz CT molecular complexity index is 1220. The minimum Gasteiger partial charge on any atom is -0.367 e. The first kappa shape index (κ1) is 18.2. The van der Waals surface area contributed by atoms with Gasteiger partial charge in [-0.05, 0) is 35.9 Å². The first-order valence-electron chi connectivity index (χ1n) is 7.62. The van der Waals surface area contributed by atoms with Gasteiger partial charge >= 0.3 is 0 Å². The molecule has 2 aromatic carbocycles. The van der Waals surface area contributed by atoms with E-state index in [-0.39, 0.29) is 16.0 Å². The van der Waals surface area contributed by atoms with Crippen LogP contribution >= 0.6 is 34.7 Å². The van der Waals surface area contributed by atoms with E-state index < -0.39 is 10.0 Å². The summed E-state index contributed by atoms with van der Waals surface area (Å²) in [6.07, 6.45) is 0. The summed E-state index contributed by atoms with van der Waals surface area (Å²) in [5.74, 6) is 0.381. The Labute approximate surface area is 168 Å². The van der Waals surface area contributed by atoms with Crippen LogP contribution in [0.15, 0.2) is 58.0 Å². The minimum atomic E-state index is -3.94. The molecule has 0 atom stereocenters. The fourth-order valence-electron chi connectivity index (χ4n) is 2.35. The molecule has 0 amide bonds. The van der Waals surface area contributed by atoms with Crippen LogP contribution in [0.2, 0.25) is 5.02 Å². The summed E-state index contributed by atoms with van der Waals surface area (Å²) in [5.41, 5.74) is 9.23. The molecule has 138 valence electrons. The molecule has 0 unspecified atom stereocenters. The van der Waals surface area contributed by atoms with Crippen molar-refractivity contribution in [3.63, 3.8) is 0 Å². The summed E-state index contributed by atoms with van der Waals surface area (Å²) in [7, 11) is -3.94. The molecule has 0 fully saturated rings. The molecule has 4 aromatic rings. The maximum atomic E-state index is 12.9. The van der Waals surface area contributed by atoms with Crippen molar-refractivity contribution in [2.24, 2.45) is 0 Å². The minimum absolute atomic E-state index is 0.0881. The van der Waals surface area contributed by atoms with Crippen LogP contribution in [-0.4, -0.2) is 27.6 Å². The normalized spacial score (nSPS) is 11.9. The van der Waals surface area contributed by atoms with Gasteiger partial charge in [-0.15, -0.1) is 20.5 Å². The summed E-state index contributed by atoms with van der Waals surface area (Å²) >= 11 is 8.52. The van der Waals surface area contributed by atoms with Gasteiger partial charge in [0.2, 0.25) is 11.1 Å². The first-order valence-corrected chi connectivity index (χ1v) is 11.3. The van der Waals surface area contributed by atoms with E-state index in [0.717, 1.165) is 19.9 Å². The average molecular weight is 438 g/mol. The van der Waals surface area contributed by atoms with E-state index in [2.05, 4.69) is 15.1 Å². The Hall–Kier alpha value is -2.14. The summed E-state index contributed by atoms with van der Waals surface area (Å²) in [6.45, 7) is 0. The van der Waals surface area contributed by atoms with Gasteiger partial charge in [-0.2, -0.15) is 13.4 Å². The number of thioether (sulfide) groups is 1. The van der Waals surface area contributed by atoms with Crippen molar-refractivity contribution in [1.29, 1.82) is 0 Å². The van der Waals surface area contributed by atoms with E-state index in [0.29, 0.717) is 10.8 Å². The highest BCUT2D eigenvalue weighted by molar-refractivity contribution is 7.98. The van der Waals surface area contributed by atoms with Crippen LogP contribution in [0.3, 0.4) is 0 Å². The van der Waals surface area contributed by atoms with E-state index in [9.17, 15) is 8.42 Å². The Morgan fingerprint density at radius 3 is 2.74 bits per heavy atom. The van der Waals surface area contributed by atoms with Gasteiger partial charge in [-0.3, -0.25) is 0 Å². The van der Waals surface area contributed by atoms with E-state index in [1.807, 2.05) is 12.1 Å². The number of benzene rings is 2. The molecule has 0 radical (unpaired) electrons. The molecule has 0 aliphatic heterocycles. The average Bonchev–Trinajstić information content (AvgIpc) is 3.27. The highest BCUT2D eigenvalue weighted by Crippen LogP contribution is 2.26. The lowest BCUT2D eigenvalue weighted by atomic mass is 10.2. The van der Waals surface area contributed by atoms with Crippen molar-refractivity contribution in [1.82, 2.24) is 19.2 Å². The predicted molar refractivity (Wildman–Crippen MR) is 108 cm³/mol. The quantitative estimate of drug-likeness (QED) is 0.475. The number of nitrogens with two attached hydrogens (primary N) is 1. The fourth-order valence-corrected chi connectivity index (χ4v) is 5.29. The second-order valence-corrected chi connectivity index (χ2v) is 9.53. The molecule has 2 heterocycles. The standard InChI is InChI=1S/C16H12ClN5O2S3/c17-11-3-1-10(2-4-11)8-25-16-20-15(18)22(21-16)27(23,24)12-5-6-13-14(7-12)26-9-19-13/h1-7,9H,8H2,(H2,18,20,21). The van der Waals surface area contributed by atoms with Gasteiger partial charge in [-0.25, -0.2) is 4.98 Å². The zero-order valence-corrected chi connectivity index (χ0v) is 16.8. The molecule has 0 aliphatic rings. The lowest BCUT2D eigenvalue weighted by Gasteiger charge is -2.04. The number of nitrogen functional groups attached to an aromatic ring is 1. The molecule has 0 saturated carbocycles. The van der Waals surface area contributed by atoms with Gasteiger partial charge in [0, 0.05) is 10.8 Å². The van der Waals surface area contributed by atoms with E-state index in [1.165, 1.54) is 29.2 Å². The highest BCUT2D eigenvalue weighted by atomic mass is 35.5. The number of hydrogen-bond acceptors (Lipinski definition) is 8. The lowest BCUT2D eigenvalue weighted by molar-refractivity contribution is 0.580. The number of anilines is 1. The highest BCUT2D eigenvalue weighted by Gasteiger charge is 2.23. The maximum Gasteiger partial charge on any atom is 0.286 e. The Balaban J connectivity index is 1.60. The Morgan fingerprint density at radius 1 is 1.19 bits per heavy atom.